The quantitative estimate of drug-likeness (QED) is 0.738. The van der Waals surface area contributed by atoms with Crippen LogP contribution in [0, 0.1) is 5.82 Å². The van der Waals surface area contributed by atoms with Gasteiger partial charge in [-0.15, -0.1) is 11.3 Å². The minimum Gasteiger partial charge on any atom is -0.383 e. The van der Waals surface area contributed by atoms with Gasteiger partial charge < -0.3 is 5.73 Å². The van der Waals surface area contributed by atoms with E-state index in [9.17, 15) is 4.39 Å². The minimum atomic E-state index is -0.361. The Morgan fingerprint density at radius 3 is 2.78 bits per heavy atom. The van der Waals surface area contributed by atoms with E-state index in [1.807, 2.05) is 5.38 Å². The molecule has 0 bridgehead atoms. The van der Waals surface area contributed by atoms with E-state index in [4.69, 9.17) is 17.3 Å². The number of nitrogens with zero attached hydrogens (tertiary/aromatic N) is 2. The molecule has 0 spiro atoms. The molecule has 90 valence electrons. The molecule has 0 unspecified atom stereocenters. The second-order valence-corrected chi connectivity index (χ2v) is 5.01. The highest BCUT2D eigenvalue weighted by molar-refractivity contribution is 7.14. The molecule has 0 saturated heterocycles. The van der Waals surface area contributed by atoms with Gasteiger partial charge in [-0.25, -0.2) is 14.4 Å². The van der Waals surface area contributed by atoms with Gasteiger partial charge in [-0.2, -0.15) is 0 Å². The number of fused-ring (bicyclic) bond motifs is 1. The molecule has 3 rings (SSSR count). The number of rotatable bonds is 1. The molecular weight excluding hydrogens is 273 g/mol. The maximum Gasteiger partial charge on any atom is 0.173 e. The van der Waals surface area contributed by atoms with E-state index >= 15 is 0 Å². The molecule has 18 heavy (non-hydrogen) atoms. The van der Waals surface area contributed by atoms with Crippen molar-refractivity contribution in [1.82, 2.24) is 9.97 Å². The third-order valence-corrected chi connectivity index (χ3v) is 3.84. The number of nitrogen functional groups attached to an aromatic ring is 1. The monoisotopic (exact) mass is 279 g/mol. The van der Waals surface area contributed by atoms with E-state index in [2.05, 4.69) is 9.97 Å². The highest BCUT2D eigenvalue weighted by atomic mass is 35.5. The molecule has 0 saturated carbocycles. The number of aromatic nitrogens is 2. The predicted molar refractivity (Wildman–Crippen MR) is 72.2 cm³/mol. The van der Waals surface area contributed by atoms with Crippen LogP contribution in [0.15, 0.2) is 29.6 Å². The van der Waals surface area contributed by atoms with Gasteiger partial charge >= 0.3 is 0 Å². The van der Waals surface area contributed by atoms with Crippen LogP contribution >= 0.6 is 22.9 Å². The van der Waals surface area contributed by atoms with Gasteiger partial charge in [-0.1, -0.05) is 11.6 Å². The first-order valence-electron chi connectivity index (χ1n) is 5.11. The van der Waals surface area contributed by atoms with Gasteiger partial charge in [-0.05, 0) is 29.6 Å². The van der Waals surface area contributed by atoms with Crippen LogP contribution in [-0.4, -0.2) is 9.97 Å². The van der Waals surface area contributed by atoms with Crippen molar-refractivity contribution in [3.63, 3.8) is 0 Å². The summed E-state index contributed by atoms with van der Waals surface area (Å²) in [6, 6.07) is 6.02. The van der Waals surface area contributed by atoms with E-state index in [0.717, 1.165) is 4.88 Å². The van der Waals surface area contributed by atoms with Gasteiger partial charge in [0.05, 0.1) is 15.4 Å². The molecule has 0 radical (unpaired) electrons. The van der Waals surface area contributed by atoms with Crippen LogP contribution in [0.5, 0.6) is 0 Å². The molecule has 1 aromatic carbocycles. The molecule has 2 aromatic heterocycles. The summed E-state index contributed by atoms with van der Waals surface area (Å²) in [4.78, 5) is 9.28. The van der Waals surface area contributed by atoms with E-state index in [1.54, 1.807) is 12.1 Å². The Kier molecular flexibility index (Phi) is 2.65. The molecule has 0 aliphatic carbocycles. The molecule has 3 nitrogen and oxygen atoms in total. The number of benzene rings is 1. The van der Waals surface area contributed by atoms with Crippen LogP contribution in [-0.2, 0) is 0 Å². The van der Waals surface area contributed by atoms with Crippen molar-refractivity contribution in [1.29, 1.82) is 0 Å². The highest BCUT2D eigenvalue weighted by Crippen LogP contribution is 2.32. The van der Waals surface area contributed by atoms with E-state index in [1.165, 1.54) is 23.5 Å². The van der Waals surface area contributed by atoms with Gasteiger partial charge in [0, 0.05) is 5.39 Å². The zero-order valence-electron chi connectivity index (χ0n) is 9.02. The van der Waals surface area contributed by atoms with Gasteiger partial charge in [-0.3, -0.25) is 0 Å². The minimum absolute atomic E-state index is 0.249. The molecule has 0 atom stereocenters. The number of thiophene rings is 1. The number of anilines is 1. The van der Waals surface area contributed by atoms with E-state index in [-0.39, 0.29) is 11.6 Å². The second kappa shape index (κ2) is 4.19. The first-order chi connectivity index (χ1) is 8.65. The number of nitrogens with two attached hydrogens (primary N) is 1. The Morgan fingerprint density at radius 2 is 2.06 bits per heavy atom. The maximum atomic E-state index is 13.1. The topological polar surface area (TPSA) is 51.8 Å². The fourth-order valence-corrected chi connectivity index (χ4v) is 2.75. The lowest BCUT2D eigenvalue weighted by atomic mass is 10.2. The molecule has 2 N–H and O–H groups in total. The summed E-state index contributed by atoms with van der Waals surface area (Å²) in [7, 11) is 0. The average Bonchev–Trinajstić information content (AvgIpc) is 2.76. The Bertz CT molecular complexity index is 741. The zero-order chi connectivity index (χ0) is 12.7. The van der Waals surface area contributed by atoms with Crippen molar-refractivity contribution in [2.75, 3.05) is 5.73 Å². The first-order valence-corrected chi connectivity index (χ1v) is 6.37. The third kappa shape index (κ3) is 1.81. The molecule has 0 fully saturated rings. The third-order valence-electron chi connectivity index (χ3n) is 2.51. The SMILES string of the molecule is Nc1nc(-c2sccc2Cl)nc2ccc(F)cc12. The second-order valence-electron chi connectivity index (χ2n) is 3.69. The van der Waals surface area contributed by atoms with Crippen LogP contribution in [0.25, 0.3) is 21.6 Å². The lowest BCUT2D eigenvalue weighted by Crippen LogP contribution is -1.97. The lowest BCUT2D eigenvalue weighted by molar-refractivity contribution is 0.629. The Morgan fingerprint density at radius 1 is 1.22 bits per heavy atom. The van der Waals surface area contributed by atoms with Crippen LogP contribution in [0.1, 0.15) is 0 Å². The van der Waals surface area contributed by atoms with Crippen molar-refractivity contribution in [2.45, 2.75) is 0 Å². The normalized spacial score (nSPS) is 11.0. The van der Waals surface area contributed by atoms with Gasteiger partial charge in [0.15, 0.2) is 5.82 Å². The molecule has 6 heteroatoms. The first kappa shape index (κ1) is 11.4. The average molecular weight is 280 g/mol. The highest BCUT2D eigenvalue weighted by Gasteiger charge is 2.11. The van der Waals surface area contributed by atoms with Crippen molar-refractivity contribution < 1.29 is 4.39 Å². The Hall–Kier alpha value is -1.72. The van der Waals surface area contributed by atoms with Crippen LogP contribution < -0.4 is 5.73 Å². The smallest absolute Gasteiger partial charge is 0.173 e. The van der Waals surface area contributed by atoms with Gasteiger partial charge in [0.1, 0.15) is 11.6 Å². The van der Waals surface area contributed by atoms with Crippen LogP contribution in [0.2, 0.25) is 5.02 Å². The molecule has 3 aromatic rings. The van der Waals surface area contributed by atoms with Crippen LogP contribution in [0.3, 0.4) is 0 Å². The summed E-state index contributed by atoms with van der Waals surface area (Å²) in [5.41, 5.74) is 6.43. The van der Waals surface area contributed by atoms with Crippen molar-refractivity contribution in [3.8, 4) is 10.7 Å². The van der Waals surface area contributed by atoms with Crippen molar-refractivity contribution >= 4 is 39.7 Å². The number of halogens is 2. The molecule has 0 aliphatic heterocycles. The van der Waals surface area contributed by atoms with Crippen LogP contribution in [0.4, 0.5) is 10.2 Å². The summed E-state index contributed by atoms with van der Waals surface area (Å²) < 4.78 is 13.1. The van der Waals surface area contributed by atoms with E-state index < -0.39 is 0 Å². The molecular formula is C12H7ClFN3S. The molecule has 2 heterocycles. The van der Waals surface area contributed by atoms with E-state index in [0.29, 0.717) is 21.7 Å². The largest absolute Gasteiger partial charge is 0.383 e. The lowest BCUT2D eigenvalue weighted by Gasteiger charge is -2.04. The van der Waals surface area contributed by atoms with Gasteiger partial charge in [0.25, 0.3) is 0 Å². The fourth-order valence-electron chi connectivity index (χ4n) is 1.68. The maximum absolute atomic E-state index is 13.1. The summed E-state index contributed by atoms with van der Waals surface area (Å²) >= 11 is 7.47. The Labute approximate surface area is 111 Å². The summed E-state index contributed by atoms with van der Waals surface area (Å²) in [5.74, 6) is 0.352. The predicted octanol–water partition coefficient (Wildman–Crippen LogP) is 3.73. The zero-order valence-corrected chi connectivity index (χ0v) is 10.6. The fraction of sp³-hybridized carbons (Fsp3) is 0. The summed E-state index contributed by atoms with van der Waals surface area (Å²) in [6.07, 6.45) is 0. The molecule has 0 aliphatic rings. The number of hydrogen-bond acceptors (Lipinski definition) is 4. The van der Waals surface area contributed by atoms with Crippen molar-refractivity contribution in [3.05, 3.63) is 40.5 Å². The molecule has 0 amide bonds. The summed E-state index contributed by atoms with van der Waals surface area (Å²) in [6.45, 7) is 0. The van der Waals surface area contributed by atoms with Gasteiger partial charge in [0.2, 0.25) is 0 Å². The number of hydrogen-bond donors (Lipinski definition) is 1. The Balaban J connectivity index is 2.28. The standard InChI is InChI=1S/C12H7ClFN3S/c13-8-3-4-18-10(8)12-16-9-2-1-6(14)5-7(9)11(15)17-12/h1-5H,(H2,15,16,17). The van der Waals surface area contributed by atoms with Crippen molar-refractivity contribution in [2.24, 2.45) is 0 Å². The summed E-state index contributed by atoms with van der Waals surface area (Å²) in [5, 5.41) is 2.94.